The number of nitrogens with one attached hydrogen (secondary N) is 1. The van der Waals surface area contributed by atoms with Gasteiger partial charge in [0.1, 0.15) is 11.8 Å². The first-order valence-electron chi connectivity index (χ1n) is 10.7. The highest BCUT2D eigenvalue weighted by atomic mass is 16.5. The summed E-state index contributed by atoms with van der Waals surface area (Å²) < 4.78 is 5.41. The summed E-state index contributed by atoms with van der Waals surface area (Å²) in [5, 5.41) is 2.79. The highest BCUT2D eigenvalue weighted by molar-refractivity contribution is 6.22. The molecule has 2 heterocycles. The quantitative estimate of drug-likeness (QED) is 0.533. The number of aromatic nitrogens is 1. The Morgan fingerprint density at radius 1 is 1.00 bits per heavy atom. The van der Waals surface area contributed by atoms with Crippen LogP contribution in [0.4, 0.5) is 16.2 Å². The summed E-state index contributed by atoms with van der Waals surface area (Å²) in [4.78, 5) is 46.1. The van der Waals surface area contributed by atoms with Crippen LogP contribution in [-0.2, 0) is 16.1 Å². The molecule has 168 valence electrons. The maximum atomic E-state index is 13.3. The lowest BCUT2D eigenvalue weighted by Gasteiger charge is -2.21. The van der Waals surface area contributed by atoms with E-state index in [2.05, 4.69) is 10.3 Å². The minimum atomic E-state index is -0.942. The topological polar surface area (TPSA) is 91.8 Å². The number of hydrogen-bond donors (Lipinski definition) is 1. The standard InChI is InChI=1S/C25H24N4O4/c1-2-33-21-13-11-18(12-14-21)27-23(30)16-22-24(31)29(20-9-4-3-5-10-20)25(32)28(22)17-19-8-6-7-15-26-19/h3-15,22H,2,16-17H2,1H3,(H,27,30)/t22-/m0/s1. The zero-order valence-corrected chi connectivity index (χ0v) is 18.2. The van der Waals surface area contributed by atoms with E-state index in [9.17, 15) is 14.4 Å². The fourth-order valence-electron chi connectivity index (χ4n) is 3.68. The molecule has 1 saturated heterocycles. The molecule has 33 heavy (non-hydrogen) atoms. The van der Waals surface area contributed by atoms with E-state index in [4.69, 9.17) is 4.74 Å². The summed E-state index contributed by atoms with van der Waals surface area (Å²) in [6.45, 7) is 2.56. The summed E-state index contributed by atoms with van der Waals surface area (Å²) in [5.74, 6) is -0.109. The molecule has 1 atom stereocenters. The largest absolute Gasteiger partial charge is 0.494 e. The molecule has 0 bridgehead atoms. The van der Waals surface area contributed by atoms with Crippen molar-refractivity contribution in [1.29, 1.82) is 0 Å². The van der Waals surface area contributed by atoms with Crippen LogP contribution in [0.15, 0.2) is 79.0 Å². The van der Waals surface area contributed by atoms with Gasteiger partial charge in [0.25, 0.3) is 5.91 Å². The Balaban J connectivity index is 1.54. The van der Waals surface area contributed by atoms with E-state index < -0.39 is 18.0 Å². The molecule has 0 unspecified atom stereocenters. The Bertz CT molecular complexity index is 1120. The number of para-hydroxylation sites is 1. The summed E-state index contributed by atoms with van der Waals surface area (Å²) in [5.41, 5.74) is 1.68. The fraction of sp³-hybridized carbons (Fsp3) is 0.200. The van der Waals surface area contributed by atoms with E-state index in [1.165, 1.54) is 4.90 Å². The van der Waals surface area contributed by atoms with Crippen molar-refractivity contribution in [3.63, 3.8) is 0 Å². The summed E-state index contributed by atoms with van der Waals surface area (Å²) in [7, 11) is 0. The van der Waals surface area contributed by atoms with Gasteiger partial charge >= 0.3 is 6.03 Å². The average molecular weight is 444 g/mol. The van der Waals surface area contributed by atoms with E-state index >= 15 is 0 Å². The number of carbonyl (C=O) groups excluding carboxylic acids is 3. The molecule has 0 aliphatic carbocycles. The second-order valence-corrected chi connectivity index (χ2v) is 7.47. The van der Waals surface area contributed by atoms with Crippen LogP contribution in [0.5, 0.6) is 5.75 Å². The first kappa shape index (κ1) is 22.0. The van der Waals surface area contributed by atoms with Crippen LogP contribution in [0.2, 0.25) is 0 Å². The van der Waals surface area contributed by atoms with E-state index in [1.807, 2.05) is 19.1 Å². The summed E-state index contributed by atoms with van der Waals surface area (Å²) >= 11 is 0. The molecule has 1 N–H and O–H groups in total. The van der Waals surface area contributed by atoms with Crippen LogP contribution in [0.1, 0.15) is 19.0 Å². The Kier molecular flexibility index (Phi) is 6.64. The van der Waals surface area contributed by atoms with Crippen LogP contribution in [0, 0.1) is 0 Å². The number of pyridine rings is 1. The molecular formula is C25H24N4O4. The third-order valence-electron chi connectivity index (χ3n) is 5.22. The van der Waals surface area contributed by atoms with Crippen molar-refractivity contribution in [2.45, 2.75) is 25.9 Å². The van der Waals surface area contributed by atoms with Crippen molar-refractivity contribution in [3.8, 4) is 5.75 Å². The molecule has 0 spiro atoms. The van der Waals surface area contributed by atoms with Crippen LogP contribution in [-0.4, -0.2) is 40.4 Å². The molecule has 8 nitrogen and oxygen atoms in total. The highest BCUT2D eigenvalue weighted by Crippen LogP contribution is 2.28. The first-order valence-corrected chi connectivity index (χ1v) is 10.7. The number of ether oxygens (including phenoxy) is 1. The molecule has 1 fully saturated rings. The number of nitrogens with zero attached hydrogens (tertiary/aromatic N) is 3. The van der Waals surface area contributed by atoms with E-state index in [-0.39, 0.29) is 18.9 Å². The number of anilines is 2. The highest BCUT2D eigenvalue weighted by Gasteiger charge is 2.46. The number of amides is 4. The number of hydrogen-bond acceptors (Lipinski definition) is 5. The van der Waals surface area contributed by atoms with Gasteiger partial charge in [-0.25, -0.2) is 9.69 Å². The van der Waals surface area contributed by atoms with Crippen molar-refractivity contribution in [2.75, 3.05) is 16.8 Å². The number of benzene rings is 2. The predicted octanol–water partition coefficient (Wildman–Crippen LogP) is 3.85. The molecule has 1 aliphatic heterocycles. The second-order valence-electron chi connectivity index (χ2n) is 7.47. The van der Waals surface area contributed by atoms with Gasteiger partial charge in [-0.3, -0.25) is 14.6 Å². The van der Waals surface area contributed by atoms with Gasteiger partial charge in [-0.15, -0.1) is 0 Å². The Morgan fingerprint density at radius 3 is 2.39 bits per heavy atom. The molecule has 3 aromatic rings. The average Bonchev–Trinajstić information content (AvgIpc) is 3.05. The maximum absolute atomic E-state index is 13.3. The third-order valence-corrected chi connectivity index (χ3v) is 5.22. The van der Waals surface area contributed by atoms with Gasteiger partial charge in [0.15, 0.2) is 0 Å². The molecule has 0 saturated carbocycles. The number of imide groups is 1. The van der Waals surface area contributed by atoms with Crippen LogP contribution in [0.25, 0.3) is 0 Å². The summed E-state index contributed by atoms with van der Waals surface area (Å²) in [6.07, 6.45) is 1.45. The molecule has 4 amide bonds. The van der Waals surface area contributed by atoms with Gasteiger partial charge in [0, 0.05) is 11.9 Å². The Hall–Kier alpha value is -4.20. The monoisotopic (exact) mass is 444 g/mol. The SMILES string of the molecule is CCOc1ccc(NC(=O)C[C@H]2C(=O)N(c3ccccc3)C(=O)N2Cc2ccccn2)cc1. The maximum Gasteiger partial charge on any atom is 0.332 e. The van der Waals surface area contributed by atoms with Crippen molar-refractivity contribution in [2.24, 2.45) is 0 Å². The van der Waals surface area contributed by atoms with Gasteiger partial charge < -0.3 is 15.0 Å². The second kappa shape index (κ2) is 9.95. The lowest BCUT2D eigenvalue weighted by Crippen LogP contribution is -2.37. The zero-order chi connectivity index (χ0) is 23.2. The van der Waals surface area contributed by atoms with Crippen LogP contribution in [0.3, 0.4) is 0 Å². The van der Waals surface area contributed by atoms with Crippen molar-refractivity contribution in [3.05, 3.63) is 84.7 Å². The predicted molar refractivity (Wildman–Crippen MR) is 124 cm³/mol. The van der Waals surface area contributed by atoms with E-state index in [0.717, 1.165) is 4.90 Å². The molecule has 1 aromatic heterocycles. The smallest absolute Gasteiger partial charge is 0.332 e. The molecule has 8 heteroatoms. The summed E-state index contributed by atoms with van der Waals surface area (Å²) in [6, 6.07) is 19.6. The lowest BCUT2D eigenvalue weighted by atomic mass is 10.1. The molecule has 4 rings (SSSR count). The van der Waals surface area contributed by atoms with Gasteiger partial charge in [-0.05, 0) is 55.5 Å². The van der Waals surface area contributed by atoms with Gasteiger partial charge in [-0.1, -0.05) is 24.3 Å². The zero-order valence-electron chi connectivity index (χ0n) is 18.2. The van der Waals surface area contributed by atoms with E-state index in [0.29, 0.717) is 29.4 Å². The van der Waals surface area contributed by atoms with E-state index in [1.54, 1.807) is 66.9 Å². The third kappa shape index (κ3) is 5.01. The molecule has 2 aromatic carbocycles. The molecule has 1 aliphatic rings. The van der Waals surface area contributed by atoms with Crippen molar-refractivity contribution in [1.82, 2.24) is 9.88 Å². The van der Waals surface area contributed by atoms with Crippen molar-refractivity contribution < 1.29 is 19.1 Å². The fourth-order valence-corrected chi connectivity index (χ4v) is 3.68. The number of carbonyl (C=O) groups is 3. The molecular weight excluding hydrogens is 420 g/mol. The number of rotatable bonds is 8. The first-order chi connectivity index (χ1) is 16.1. The minimum absolute atomic E-state index is 0.121. The Labute approximate surface area is 191 Å². The van der Waals surface area contributed by atoms with Crippen LogP contribution >= 0.6 is 0 Å². The Morgan fingerprint density at radius 2 is 1.73 bits per heavy atom. The number of urea groups is 1. The van der Waals surface area contributed by atoms with Gasteiger partial charge in [-0.2, -0.15) is 0 Å². The van der Waals surface area contributed by atoms with Crippen molar-refractivity contribution >= 4 is 29.2 Å². The lowest BCUT2D eigenvalue weighted by molar-refractivity contribution is -0.124. The minimum Gasteiger partial charge on any atom is -0.494 e. The van der Waals surface area contributed by atoms with Gasteiger partial charge in [0.05, 0.1) is 31.0 Å². The van der Waals surface area contributed by atoms with Crippen LogP contribution < -0.4 is 15.0 Å². The molecule has 0 radical (unpaired) electrons. The van der Waals surface area contributed by atoms with Gasteiger partial charge in [0.2, 0.25) is 5.91 Å². The normalized spacial score (nSPS) is 15.6.